The quantitative estimate of drug-likeness (QED) is 0.423. The number of aliphatic imine (C=N–C) groups is 1. The SMILES string of the molecule is CN=C(NCCc1ccn(-c2ccc(F)cc2)n1)NCC1CC(=O)Nc2ccccc21. The highest BCUT2D eigenvalue weighted by molar-refractivity contribution is 5.94. The number of benzene rings is 2. The molecule has 1 amide bonds. The summed E-state index contributed by atoms with van der Waals surface area (Å²) in [5.74, 6) is 0.540. The van der Waals surface area contributed by atoms with Gasteiger partial charge >= 0.3 is 0 Å². The number of amides is 1. The standard InChI is InChI=1S/C23H25FN6O/c1-25-23(27-15-16-14-22(31)28-21-5-3-2-4-20(16)21)26-12-10-18-11-13-30(29-18)19-8-6-17(24)7-9-19/h2-9,11,13,16H,10,12,14-15H2,1H3,(H,28,31)(H2,25,26,27). The van der Waals surface area contributed by atoms with E-state index in [1.54, 1.807) is 23.9 Å². The van der Waals surface area contributed by atoms with Crippen molar-refractivity contribution in [1.82, 2.24) is 20.4 Å². The minimum Gasteiger partial charge on any atom is -0.356 e. The predicted molar refractivity (Wildman–Crippen MR) is 119 cm³/mol. The average molecular weight is 420 g/mol. The molecule has 1 aliphatic rings. The van der Waals surface area contributed by atoms with E-state index in [0.717, 1.165) is 22.6 Å². The van der Waals surface area contributed by atoms with Crippen molar-refractivity contribution in [3.63, 3.8) is 0 Å². The lowest BCUT2D eigenvalue weighted by Crippen LogP contribution is -2.41. The van der Waals surface area contributed by atoms with E-state index in [2.05, 4.69) is 32.1 Å². The number of para-hydroxylation sites is 1. The van der Waals surface area contributed by atoms with E-state index in [9.17, 15) is 9.18 Å². The van der Waals surface area contributed by atoms with Crippen LogP contribution in [0.5, 0.6) is 0 Å². The van der Waals surface area contributed by atoms with E-state index in [1.807, 2.05) is 30.5 Å². The molecule has 2 aromatic carbocycles. The number of hydrogen-bond donors (Lipinski definition) is 3. The number of carbonyl (C=O) groups excluding carboxylic acids is 1. The van der Waals surface area contributed by atoms with E-state index in [-0.39, 0.29) is 17.6 Å². The van der Waals surface area contributed by atoms with Gasteiger partial charge in [0, 0.05) is 50.8 Å². The number of nitrogens with one attached hydrogen (secondary N) is 3. The first kappa shape index (κ1) is 20.6. The van der Waals surface area contributed by atoms with Crippen molar-refractivity contribution < 1.29 is 9.18 Å². The Balaban J connectivity index is 1.28. The predicted octanol–water partition coefficient (Wildman–Crippen LogP) is 2.84. The summed E-state index contributed by atoms with van der Waals surface area (Å²) in [6.07, 6.45) is 3.02. The Morgan fingerprint density at radius 2 is 2.00 bits per heavy atom. The highest BCUT2D eigenvalue weighted by atomic mass is 19.1. The molecule has 3 aromatic rings. The molecular weight excluding hydrogens is 395 g/mol. The molecule has 1 aliphatic heterocycles. The summed E-state index contributed by atoms with van der Waals surface area (Å²) >= 11 is 0. The van der Waals surface area contributed by atoms with E-state index < -0.39 is 0 Å². The van der Waals surface area contributed by atoms with E-state index in [0.29, 0.717) is 31.9 Å². The number of hydrogen-bond acceptors (Lipinski definition) is 3. The molecule has 0 fully saturated rings. The molecule has 31 heavy (non-hydrogen) atoms. The first-order chi connectivity index (χ1) is 15.1. The maximum atomic E-state index is 13.1. The zero-order chi connectivity index (χ0) is 21.6. The molecule has 3 N–H and O–H groups in total. The Morgan fingerprint density at radius 3 is 2.81 bits per heavy atom. The number of guanidine groups is 1. The van der Waals surface area contributed by atoms with Crippen LogP contribution in [0.15, 0.2) is 65.8 Å². The van der Waals surface area contributed by atoms with Gasteiger partial charge in [0.25, 0.3) is 0 Å². The van der Waals surface area contributed by atoms with Gasteiger partial charge in [-0.1, -0.05) is 18.2 Å². The highest BCUT2D eigenvalue weighted by Crippen LogP contribution is 2.31. The minimum atomic E-state index is -0.267. The molecule has 0 bridgehead atoms. The van der Waals surface area contributed by atoms with Gasteiger partial charge in [-0.25, -0.2) is 9.07 Å². The Hall–Kier alpha value is -3.68. The molecular formula is C23H25FN6O. The second-order valence-corrected chi connectivity index (χ2v) is 7.39. The Labute approximate surface area is 180 Å². The summed E-state index contributed by atoms with van der Waals surface area (Å²) in [7, 11) is 1.72. The van der Waals surface area contributed by atoms with Crippen molar-refractivity contribution in [2.75, 3.05) is 25.5 Å². The average Bonchev–Trinajstić information content (AvgIpc) is 3.25. The minimum absolute atomic E-state index is 0.0326. The summed E-state index contributed by atoms with van der Waals surface area (Å²) in [4.78, 5) is 16.3. The first-order valence-electron chi connectivity index (χ1n) is 10.3. The molecule has 8 heteroatoms. The number of halogens is 1. The number of anilines is 1. The third kappa shape index (κ3) is 5.09. The Kier molecular flexibility index (Phi) is 6.26. The van der Waals surface area contributed by atoms with E-state index >= 15 is 0 Å². The van der Waals surface area contributed by atoms with Gasteiger partial charge in [0.05, 0.1) is 11.4 Å². The van der Waals surface area contributed by atoms with Crippen LogP contribution in [0.1, 0.15) is 23.6 Å². The fraction of sp³-hybridized carbons (Fsp3) is 0.261. The molecule has 2 heterocycles. The molecule has 1 atom stereocenters. The smallest absolute Gasteiger partial charge is 0.225 e. The number of nitrogens with zero attached hydrogens (tertiary/aromatic N) is 3. The second kappa shape index (κ2) is 9.42. The molecule has 0 aliphatic carbocycles. The fourth-order valence-electron chi connectivity index (χ4n) is 3.67. The summed E-state index contributed by atoms with van der Waals surface area (Å²) < 4.78 is 14.8. The molecule has 1 unspecified atom stereocenters. The third-order valence-corrected chi connectivity index (χ3v) is 5.26. The second-order valence-electron chi connectivity index (χ2n) is 7.39. The van der Waals surface area contributed by atoms with Gasteiger partial charge < -0.3 is 16.0 Å². The molecule has 4 rings (SSSR count). The number of fused-ring (bicyclic) bond motifs is 1. The maximum absolute atomic E-state index is 13.1. The molecule has 0 radical (unpaired) electrons. The summed E-state index contributed by atoms with van der Waals surface area (Å²) in [5.41, 5.74) is 3.75. The third-order valence-electron chi connectivity index (χ3n) is 5.26. The van der Waals surface area contributed by atoms with E-state index in [1.165, 1.54) is 12.1 Å². The summed E-state index contributed by atoms with van der Waals surface area (Å²) in [6, 6.07) is 16.1. The molecule has 1 aromatic heterocycles. The van der Waals surface area contributed by atoms with Crippen molar-refractivity contribution in [1.29, 1.82) is 0 Å². The summed E-state index contributed by atoms with van der Waals surface area (Å²) in [5, 5.41) is 14.1. The number of aromatic nitrogens is 2. The van der Waals surface area contributed by atoms with Crippen LogP contribution in [0.3, 0.4) is 0 Å². The maximum Gasteiger partial charge on any atom is 0.225 e. The fourth-order valence-corrected chi connectivity index (χ4v) is 3.67. The van der Waals surface area contributed by atoms with Crippen molar-refractivity contribution in [2.45, 2.75) is 18.8 Å². The van der Waals surface area contributed by atoms with Crippen LogP contribution in [-0.4, -0.2) is 41.8 Å². The van der Waals surface area contributed by atoms with Crippen LogP contribution in [0, 0.1) is 5.82 Å². The van der Waals surface area contributed by atoms with Gasteiger partial charge in [-0.15, -0.1) is 0 Å². The normalized spacial score (nSPS) is 15.9. The van der Waals surface area contributed by atoms with Gasteiger partial charge in [-0.05, 0) is 42.0 Å². The van der Waals surface area contributed by atoms with Crippen LogP contribution in [-0.2, 0) is 11.2 Å². The van der Waals surface area contributed by atoms with E-state index in [4.69, 9.17) is 0 Å². The van der Waals surface area contributed by atoms with Gasteiger partial charge in [0.1, 0.15) is 5.82 Å². The lowest BCUT2D eigenvalue weighted by Gasteiger charge is -2.26. The number of carbonyl (C=O) groups is 1. The Bertz CT molecular complexity index is 1080. The van der Waals surface area contributed by atoms with Crippen molar-refractivity contribution in [3.05, 3.63) is 77.9 Å². The van der Waals surface area contributed by atoms with Crippen molar-refractivity contribution >= 4 is 17.6 Å². The molecule has 7 nitrogen and oxygen atoms in total. The molecule has 0 spiro atoms. The number of rotatable bonds is 6. The molecule has 160 valence electrons. The lowest BCUT2D eigenvalue weighted by molar-refractivity contribution is -0.116. The monoisotopic (exact) mass is 420 g/mol. The zero-order valence-corrected chi connectivity index (χ0v) is 17.3. The van der Waals surface area contributed by atoms with Crippen LogP contribution >= 0.6 is 0 Å². The van der Waals surface area contributed by atoms with Gasteiger partial charge in [-0.3, -0.25) is 9.79 Å². The van der Waals surface area contributed by atoms with Crippen molar-refractivity contribution in [3.8, 4) is 5.69 Å². The van der Waals surface area contributed by atoms with Gasteiger partial charge in [-0.2, -0.15) is 5.10 Å². The van der Waals surface area contributed by atoms with Gasteiger partial charge in [0.2, 0.25) is 5.91 Å². The lowest BCUT2D eigenvalue weighted by atomic mass is 9.90. The van der Waals surface area contributed by atoms with Crippen LogP contribution in [0.2, 0.25) is 0 Å². The molecule has 0 saturated carbocycles. The highest BCUT2D eigenvalue weighted by Gasteiger charge is 2.24. The van der Waals surface area contributed by atoms with Crippen molar-refractivity contribution in [2.24, 2.45) is 4.99 Å². The van der Waals surface area contributed by atoms with Crippen LogP contribution in [0.4, 0.5) is 10.1 Å². The van der Waals surface area contributed by atoms with Gasteiger partial charge in [0.15, 0.2) is 5.96 Å². The topological polar surface area (TPSA) is 83.3 Å². The largest absolute Gasteiger partial charge is 0.356 e. The zero-order valence-electron chi connectivity index (χ0n) is 17.3. The first-order valence-corrected chi connectivity index (χ1v) is 10.3. The van der Waals surface area contributed by atoms with Crippen LogP contribution < -0.4 is 16.0 Å². The Morgan fingerprint density at radius 1 is 1.19 bits per heavy atom. The molecule has 0 saturated heterocycles. The van der Waals surface area contributed by atoms with Crippen LogP contribution in [0.25, 0.3) is 5.69 Å². The summed E-state index contributed by atoms with van der Waals surface area (Å²) in [6.45, 7) is 1.27.